The number of ketones is 1. The molecule has 3 aromatic rings. The molecule has 1 saturated heterocycles. The molecule has 1 saturated carbocycles. The molecule has 0 bridgehead atoms. The van der Waals surface area contributed by atoms with Crippen molar-refractivity contribution in [2.24, 2.45) is 5.92 Å². The highest BCUT2D eigenvalue weighted by atomic mass is 16.2. The van der Waals surface area contributed by atoms with Gasteiger partial charge in [0.2, 0.25) is 5.78 Å². The molecule has 3 aliphatic rings. The molecule has 2 aromatic heterocycles. The third kappa shape index (κ3) is 1.52. The summed E-state index contributed by atoms with van der Waals surface area (Å²) >= 11 is 0. The molecule has 1 amide bonds. The van der Waals surface area contributed by atoms with E-state index in [2.05, 4.69) is 9.97 Å². The molecule has 3 heterocycles. The monoisotopic (exact) mass is 343 g/mol. The molecule has 6 rings (SSSR count). The predicted octanol–water partition coefficient (Wildman–Crippen LogP) is 3.30. The van der Waals surface area contributed by atoms with Crippen LogP contribution in [0.3, 0.4) is 0 Å². The normalized spacial score (nSPS) is 25.7. The summed E-state index contributed by atoms with van der Waals surface area (Å²) < 4.78 is 0. The van der Waals surface area contributed by atoms with Gasteiger partial charge in [0.1, 0.15) is 5.69 Å². The molecule has 2 unspecified atom stereocenters. The molecule has 1 spiro atoms. The van der Waals surface area contributed by atoms with E-state index in [-0.39, 0.29) is 17.1 Å². The lowest BCUT2D eigenvalue weighted by Gasteiger charge is -2.28. The van der Waals surface area contributed by atoms with E-state index >= 15 is 0 Å². The van der Waals surface area contributed by atoms with Crippen LogP contribution in [0.1, 0.15) is 38.5 Å². The van der Waals surface area contributed by atoms with Crippen LogP contribution in [-0.4, -0.2) is 33.1 Å². The van der Waals surface area contributed by atoms with Crippen LogP contribution < -0.4 is 0 Å². The Labute approximate surface area is 149 Å². The number of carbonyl (C=O) groups excluding carboxylic acids is 2. The van der Waals surface area contributed by atoms with Crippen molar-refractivity contribution in [3.63, 3.8) is 0 Å². The zero-order chi connectivity index (χ0) is 17.6. The van der Waals surface area contributed by atoms with Gasteiger partial charge < -0.3 is 14.9 Å². The summed E-state index contributed by atoms with van der Waals surface area (Å²) in [5, 5.41) is 1.02. The second-order valence-corrected chi connectivity index (χ2v) is 7.67. The Kier molecular flexibility index (Phi) is 2.37. The minimum absolute atomic E-state index is 0.0317. The third-order valence-corrected chi connectivity index (χ3v) is 6.30. The number of hydrogen-bond donors (Lipinski definition) is 2. The summed E-state index contributed by atoms with van der Waals surface area (Å²) in [5.74, 6) is 0.322. The average molecular weight is 343 g/mol. The minimum atomic E-state index is -0.144. The first-order valence-corrected chi connectivity index (χ1v) is 8.94. The minimum Gasteiger partial charge on any atom is -0.358 e. The molecule has 5 heteroatoms. The number of hydrogen-bond acceptors (Lipinski definition) is 2. The van der Waals surface area contributed by atoms with Crippen molar-refractivity contribution >= 4 is 22.6 Å². The fourth-order valence-corrected chi connectivity index (χ4v) is 5.08. The maximum atomic E-state index is 13.2. The number of aryl methyl sites for hydroxylation is 1. The van der Waals surface area contributed by atoms with E-state index in [4.69, 9.17) is 0 Å². The maximum Gasteiger partial charge on any atom is 0.274 e. The Balaban J connectivity index is 1.45. The Hall–Kier alpha value is -3.08. The van der Waals surface area contributed by atoms with Crippen LogP contribution in [-0.2, 0) is 5.41 Å². The van der Waals surface area contributed by atoms with Crippen molar-refractivity contribution in [1.82, 2.24) is 14.9 Å². The lowest BCUT2D eigenvalue weighted by atomic mass is 9.83. The first-order chi connectivity index (χ1) is 12.6. The van der Waals surface area contributed by atoms with E-state index < -0.39 is 0 Å². The standard InChI is InChI=1S/C21H17N3O2/c1-11-9-22-19-16(25)7-17-21(18(11)19)8-13(21)10-24(17)20(26)15-6-12-4-2-3-5-14(12)23-15/h2-7,9,13,22-23H,8,10H2,1H3. The number of piperidine rings is 1. The van der Waals surface area contributed by atoms with Gasteiger partial charge in [0, 0.05) is 40.8 Å². The third-order valence-electron chi connectivity index (χ3n) is 6.30. The number of nitrogens with zero attached hydrogens (tertiary/aromatic N) is 1. The van der Waals surface area contributed by atoms with Crippen LogP contribution in [0.5, 0.6) is 0 Å². The predicted molar refractivity (Wildman–Crippen MR) is 97.1 cm³/mol. The highest BCUT2D eigenvalue weighted by Crippen LogP contribution is 2.67. The van der Waals surface area contributed by atoms with Crippen molar-refractivity contribution in [3.8, 4) is 0 Å². The number of likely N-dealkylation sites (tertiary alicyclic amines) is 1. The summed E-state index contributed by atoms with van der Waals surface area (Å²) in [5.41, 5.74) is 5.19. The molecule has 2 aliphatic carbocycles. The zero-order valence-corrected chi connectivity index (χ0v) is 14.3. The van der Waals surface area contributed by atoms with Gasteiger partial charge in [-0.2, -0.15) is 0 Å². The first-order valence-electron chi connectivity index (χ1n) is 8.94. The van der Waals surface area contributed by atoms with Gasteiger partial charge in [-0.15, -0.1) is 0 Å². The van der Waals surface area contributed by atoms with Gasteiger partial charge in [0.15, 0.2) is 0 Å². The highest BCUT2D eigenvalue weighted by Gasteiger charge is 2.68. The smallest absolute Gasteiger partial charge is 0.274 e. The summed E-state index contributed by atoms with van der Waals surface area (Å²) in [7, 11) is 0. The number of para-hydroxylation sites is 1. The number of aromatic nitrogens is 2. The van der Waals surface area contributed by atoms with Gasteiger partial charge in [0.25, 0.3) is 5.91 Å². The number of H-pyrrole nitrogens is 2. The van der Waals surface area contributed by atoms with Crippen LogP contribution in [0.25, 0.3) is 10.9 Å². The molecule has 128 valence electrons. The second kappa shape index (κ2) is 4.36. The van der Waals surface area contributed by atoms with Crippen LogP contribution in [0.4, 0.5) is 0 Å². The number of allylic oxidation sites excluding steroid dienone is 2. The van der Waals surface area contributed by atoms with Crippen molar-refractivity contribution in [2.45, 2.75) is 18.8 Å². The van der Waals surface area contributed by atoms with E-state index in [1.165, 1.54) is 0 Å². The summed E-state index contributed by atoms with van der Waals surface area (Å²) in [4.78, 5) is 34.0. The SMILES string of the molecule is Cc1c[nH]c2c1C13CC1CN(C(=O)c1cc4ccccc4[nH]1)C3=CC2=O. The van der Waals surface area contributed by atoms with Crippen molar-refractivity contribution in [2.75, 3.05) is 6.54 Å². The summed E-state index contributed by atoms with van der Waals surface area (Å²) in [6.45, 7) is 2.72. The van der Waals surface area contributed by atoms with Gasteiger partial charge in [0.05, 0.1) is 5.69 Å². The zero-order valence-electron chi connectivity index (χ0n) is 14.3. The molecular formula is C21H17N3O2. The Bertz CT molecular complexity index is 1130. The Morgan fingerprint density at radius 2 is 2.15 bits per heavy atom. The molecule has 2 fully saturated rings. The van der Waals surface area contributed by atoms with Gasteiger partial charge in [-0.25, -0.2) is 0 Å². The lowest BCUT2D eigenvalue weighted by molar-refractivity contribution is 0.0806. The summed E-state index contributed by atoms with van der Waals surface area (Å²) in [6.07, 6.45) is 4.60. The van der Waals surface area contributed by atoms with Crippen molar-refractivity contribution in [3.05, 3.63) is 70.8 Å². The van der Waals surface area contributed by atoms with Gasteiger partial charge >= 0.3 is 0 Å². The summed E-state index contributed by atoms with van der Waals surface area (Å²) in [6, 6.07) is 9.76. The lowest BCUT2D eigenvalue weighted by Crippen LogP contribution is -2.34. The first kappa shape index (κ1) is 14.1. The van der Waals surface area contributed by atoms with Gasteiger partial charge in [-0.3, -0.25) is 9.59 Å². The molecule has 26 heavy (non-hydrogen) atoms. The highest BCUT2D eigenvalue weighted by molar-refractivity contribution is 6.09. The quantitative estimate of drug-likeness (QED) is 0.712. The number of fused-ring (bicyclic) bond motifs is 2. The molecular weight excluding hydrogens is 326 g/mol. The molecule has 5 nitrogen and oxygen atoms in total. The molecule has 2 N–H and O–H groups in total. The average Bonchev–Trinajstić information content (AvgIpc) is 2.98. The van der Waals surface area contributed by atoms with Gasteiger partial charge in [-0.1, -0.05) is 18.2 Å². The van der Waals surface area contributed by atoms with E-state index in [1.807, 2.05) is 48.4 Å². The fourth-order valence-electron chi connectivity index (χ4n) is 5.08. The van der Waals surface area contributed by atoms with E-state index in [9.17, 15) is 9.59 Å². The fraction of sp³-hybridized carbons (Fsp3) is 0.238. The molecule has 1 aromatic carbocycles. The van der Waals surface area contributed by atoms with Crippen LogP contribution in [0.2, 0.25) is 0 Å². The molecule has 1 aliphatic heterocycles. The van der Waals surface area contributed by atoms with Crippen molar-refractivity contribution in [1.29, 1.82) is 0 Å². The van der Waals surface area contributed by atoms with E-state index in [1.54, 1.807) is 6.08 Å². The Morgan fingerprint density at radius 1 is 1.31 bits per heavy atom. The maximum absolute atomic E-state index is 13.2. The number of rotatable bonds is 1. The Morgan fingerprint density at radius 3 is 3.00 bits per heavy atom. The number of benzene rings is 1. The van der Waals surface area contributed by atoms with Crippen LogP contribution >= 0.6 is 0 Å². The van der Waals surface area contributed by atoms with Crippen molar-refractivity contribution < 1.29 is 9.59 Å². The van der Waals surface area contributed by atoms with E-state index in [0.29, 0.717) is 23.9 Å². The van der Waals surface area contributed by atoms with Gasteiger partial charge in [-0.05, 0) is 42.5 Å². The number of amides is 1. The van der Waals surface area contributed by atoms with Crippen LogP contribution in [0, 0.1) is 12.8 Å². The van der Waals surface area contributed by atoms with E-state index in [0.717, 1.165) is 34.1 Å². The molecule has 2 atom stereocenters. The topological polar surface area (TPSA) is 69.0 Å². The molecule has 0 radical (unpaired) electrons. The number of nitrogens with one attached hydrogen (secondary N) is 2. The number of carbonyl (C=O) groups is 2. The van der Waals surface area contributed by atoms with Crippen LogP contribution in [0.15, 0.2) is 48.3 Å². The largest absolute Gasteiger partial charge is 0.358 e. The number of aromatic amines is 2. The second-order valence-electron chi connectivity index (χ2n) is 7.67.